The number of methoxy groups -OCH3 is 1. The molecule has 0 heterocycles. The molecule has 0 aromatic heterocycles. The van der Waals surface area contributed by atoms with Gasteiger partial charge >= 0.3 is 5.97 Å². The Bertz CT molecular complexity index is 529. The highest BCUT2D eigenvalue weighted by Crippen LogP contribution is 2.04. The minimum Gasteiger partial charge on any atom is -0.467 e. The van der Waals surface area contributed by atoms with Crippen molar-refractivity contribution in [3.05, 3.63) is 35.4 Å². The highest BCUT2D eigenvalue weighted by Gasteiger charge is 2.16. The summed E-state index contributed by atoms with van der Waals surface area (Å²) in [6, 6.07) is 6.09. The van der Waals surface area contributed by atoms with E-state index in [9.17, 15) is 9.59 Å². The van der Waals surface area contributed by atoms with Gasteiger partial charge in [-0.2, -0.15) is 0 Å². The van der Waals surface area contributed by atoms with Crippen LogP contribution in [-0.4, -0.2) is 31.6 Å². The van der Waals surface area contributed by atoms with E-state index in [1.54, 1.807) is 31.2 Å². The molecule has 0 saturated carbocycles. The number of carbonyl (C=O) groups is 2. The van der Waals surface area contributed by atoms with Crippen LogP contribution >= 0.6 is 0 Å². The lowest BCUT2D eigenvalue weighted by molar-refractivity contribution is -0.142. The Labute approximate surface area is 112 Å². The molecular weight excluding hydrogens is 244 g/mol. The van der Waals surface area contributed by atoms with Gasteiger partial charge in [0.1, 0.15) is 6.04 Å². The standard InChI is InChI=1S/C14H16N2O3/c1-10(14(18)19-2)16-13(17)12-7-3-5-11(9-12)6-4-8-15/h3,5,7,9-10H,8,15H2,1-2H3,(H,16,17). The van der Waals surface area contributed by atoms with E-state index in [-0.39, 0.29) is 12.5 Å². The zero-order chi connectivity index (χ0) is 14.3. The van der Waals surface area contributed by atoms with Gasteiger partial charge in [0.2, 0.25) is 0 Å². The van der Waals surface area contributed by atoms with Crippen molar-refractivity contribution in [1.82, 2.24) is 5.32 Å². The van der Waals surface area contributed by atoms with Gasteiger partial charge in [0, 0.05) is 11.1 Å². The SMILES string of the molecule is COC(=O)C(C)NC(=O)c1cccc(C#CCN)c1. The Balaban J connectivity index is 2.80. The zero-order valence-corrected chi connectivity index (χ0v) is 10.9. The lowest BCUT2D eigenvalue weighted by Crippen LogP contribution is -2.39. The zero-order valence-electron chi connectivity index (χ0n) is 10.9. The van der Waals surface area contributed by atoms with Crippen LogP contribution in [0.4, 0.5) is 0 Å². The van der Waals surface area contributed by atoms with Gasteiger partial charge in [0.25, 0.3) is 5.91 Å². The van der Waals surface area contributed by atoms with Crippen molar-refractivity contribution in [1.29, 1.82) is 0 Å². The monoisotopic (exact) mass is 260 g/mol. The van der Waals surface area contributed by atoms with Gasteiger partial charge in [-0.05, 0) is 25.1 Å². The van der Waals surface area contributed by atoms with Crippen molar-refractivity contribution in [2.75, 3.05) is 13.7 Å². The topological polar surface area (TPSA) is 81.4 Å². The van der Waals surface area contributed by atoms with Gasteiger partial charge in [-0.1, -0.05) is 17.9 Å². The maximum Gasteiger partial charge on any atom is 0.328 e. The molecule has 0 bridgehead atoms. The van der Waals surface area contributed by atoms with E-state index in [2.05, 4.69) is 21.9 Å². The van der Waals surface area contributed by atoms with Crippen molar-refractivity contribution >= 4 is 11.9 Å². The van der Waals surface area contributed by atoms with Crippen LogP contribution in [0.25, 0.3) is 0 Å². The summed E-state index contributed by atoms with van der Waals surface area (Å²) in [4.78, 5) is 23.1. The number of hydrogen-bond donors (Lipinski definition) is 2. The number of amides is 1. The van der Waals surface area contributed by atoms with Crippen molar-refractivity contribution in [3.63, 3.8) is 0 Å². The molecule has 1 unspecified atom stereocenters. The molecule has 100 valence electrons. The number of nitrogens with two attached hydrogens (primary N) is 1. The molecule has 0 saturated heterocycles. The number of benzene rings is 1. The Kier molecular flexibility index (Phi) is 5.58. The average Bonchev–Trinajstić information content (AvgIpc) is 2.44. The van der Waals surface area contributed by atoms with Crippen LogP contribution in [0.2, 0.25) is 0 Å². The van der Waals surface area contributed by atoms with Gasteiger partial charge in [0.15, 0.2) is 0 Å². The summed E-state index contributed by atoms with van der Waals surface area (Å²) in [6.07, 6.45) is 0. The Morgan fingerprint density at radius 1 is 1.47 bits per heavy atom. The fourth-order valence-corrected chi connectivity index (χ4v) is 1.41. The van der Waals surface area contributed by atoms with Crippen LogP contribution in [0, 0.1) is 11.8 Å². The number of nitrogens with one attached hydrogen (secondary N) is 1. The summed E-state index contributed by atoms with van der Waals surface area (Å²) in [7, 11) is 1.27. The summed E-state index contributed by atoms with van der Waals surface area (Å²) in [5.41, 5.74) is 6.41. The first-order valence-electron chi connectivity index (χ1n) is 5.76. The van der Waals surface area contributed by atoms with Crippen molar-refractivity contribution < 1.29 is 14.3 Å². The normalized spacial score (nSPS) is 10.9. The highest BCUT2D eigenvalue weighted by atomic mass is 16.5. The lowest BCUT2D eigenvalue weighted by atomic mass is 10.1. The summed E-state index contributed by atoms with van der Waals surface area (Å²) >= 11 is 0. The van der Waals surface area contributed by atoms with Crippen molar-refractivity contribution in [2.24, 2.45) is 5.73 Å². The first-order valence-corrected chi connectivity index (χ1v) is 5.76. The quantitative estimate of drug-likeness (QED) is 0.604. The van der Waals surface area contributed by atoms with E-state index >= 15 is 0 Å². The predicted octanol–water partition coefficient (Wildman–Crippen LogP) is 0.288. The van der Waals surface area contributed by atoms with Crippen molar-refractivity contribution in [2.45, 2.75) is 13.0 Å². The maximum atomic E-state index is 11.9. The van der Waals surface area contributed by atoms with E-state index in [1.807, 2.05) is 0 Å². The van der Waals surface area contributed by atoms with E-state index in [0.717, 1.165) is 0 Å². The maximum absolute atomic E-state index is 11.9. The van der Waals surface area contributed by atoms with Gasteiger partial charge < -0.3 is 15.8 Å². The highest BCUT2D eigenvalue weighted by molar-refractivity contribution is 5.96. The molecule has 3 N–H and O–H groups in total. The molecule has 0 radical (unpaired) electrons. The van der Waals surface area contributed by atoms with E-state index in [0.29, 0.717) is 11.1 Å². The molecule has 1 aromatic rings. The molecule has 1 rings (SSSR count). The third-order valence-corrected chi connectivity index (χ3v) is 2.36. The predicted molar refractivity (Wildman–Crippen MR) is 71.3 cm³/mol. The van der Waals surface area contributed by atoms with Crippen LogP contribution in [0.1, 0.15) is 22.8 Å². The van der Waals surface area contributed by atoms with Crippen LogP contribution in [-0.2, 0) is 9.53 Å². The second kappa shape index (κ2) is 7.19. The van der Waals surface area contributed by atoms with Crippen molar-refractivity contribution in [3.8, 4) is 11.8 Å². The number of hydrogen-bond acceptors (Lipinski definition) is 4. The Hall–Kier alpha value is -2.32. The Morgan fingerprint density at radius 3 is 2.84 bits per heavy atom. The molecule has 0 fully saturated rings. The molecule has 5 heteroatoms. The Morgan fingerprint density at radius 2 is 2.21 bits per heavy atom. The summed E-state index contributed by atoms with van der Waals surface area (Å²) in [5.74, 6) is 4.71. The molecule has 5 nitrogen and oxygen atoms in total. The molecule has 0 aliphatic heterocycles. The van der Waals surface area contributed by atoms with Crippen LogP contribution in [0.5, 0.6) is 0 Å². The molecule has 19 heavy (non-hydrogen) atoms. The summed E-state index contributed by atoms with van der Waals surface area (Å²) < 4.78 is 4.54. The molecule has 0 aliphatic carbocycles. The minimum atomic E-state index is -0.698. The van der Waals surface area contributed by atoms with Crippen LogP contribution < -0.4 is 11.1 Å². The van der Waals surface area contributed by atoms with E-state index in [1.165, 1.54) is 7.11 Å². The number of ether oxygens (including phenoxy) is 1. The number of carbonyl (C=O) groups excluding carboxylic acids is 2. The van der Waals surface area contributed by atoms with Gasteiger partial charge in [-0.25, -0.2) is 4.79 Å². The van der Waals surface area contributed by atoms with Crippen LogP contribution in [0.15, 0.2) is 24.3 Å². The summed E-state index contributed by atoms with van der Waals surface area (Å²) in [5, 5.41) is 2.54. The molecule has 1 atom stereocenters. The van der Waals surface area contributed by atoms with Gasteiger partial charge in [-0.15, -0.1) is 0 Å². The fourth-order valence-electron chi connectivity index (χ4n) is 1.41. The number of rotatable bonds is 3. The third kappa shape index (κ3) is 4.45. The minimum absolute atomic E-state index is 0.260. The molecule has 1 aromatic carbocycles. The van der Waals surface area contributed by atoms with Gasteiger partial charge in [-0.3, -0.25) is 4.79 Å². The fraction of sp³-hybridized carbons (Fsp3) is 0.286. The van der Waals surface area contributed by atoms with Crippen LogP contribution in [0.3, 0.4) is 0 Å². The number of esters is 1. The average molecular weight is 260 g/mol. The third-order valence-electron chi connectivity index (χ3n) is 2.36. The van der Waals surface area contributed by atoms with Gasteiger partial charge in [0.05, 0.1) is 13.7 Å². The first kappa shape index (κ1) is 14.7. The first-order chi connectivity index (χ1) is 9.08. The van der Waals surface area contributed by atoms with E-state index in [4.69, 9.17) is 5.73 Å². The molecule has 0 aliphatic rings. The smallest absolute Gasteiger partial charge is 0.328 e. The largest absolute Gasteiger partial charge is 0.467 e. The van der Waals surface area contributed by atoms with E-state index < -0.39 is 12.0 Å². The summed E-state index contributed by atoms with van der Waals surface area (Å²) in [6.45, 7) is 1.82. The molecule has 1 amide bonds. The second-order valence-electron chi connectivity index (χ2n) is 3.81. The lowest BCUT2D eigenvalue weighted by Gasteiger charge is -2.11. The second-order valence-corrected chi connectivity index (χ2v) is 3.81. The molecular formula is C14H16N2O3. The molecule has 0 spiro atoms.